The van der Waals surface area contributed by atoms with Crippen molar-refractivity contribution in [1.29, 1.82) is 0 Å². The summed E-state index contributed by atoms with van der Waals surface area (Å²) < 4.78 is 0. The largest absolute Gasteiger partial charge is 0.389 e. The number of amides is 2. The normalized spacial score (nSPS) is 31.4. The van der Waals surface area contributed by atoms with Gasteiger partial charge in [-0.3, -0.25) is 4.90 Å². The molecule has 4 rings (SSSR count). The van der Waals surface area contributed by atoms with Crippen LogP contribution in [0.15, 0.2) is 24.3 Å². The van der Waals surface area contributed by atoms with Crippen LogP contribution in [-0.2, 0) is 6.42 Å². The number of carbonyl (C=O) groups is 1. The zero-order chi connectivity index (χ0) is 17.8. The Bertz CT molecular complexity index is 669. The number of nitrogens with one attached hydrogen (secondary N) is 1. The highest BCUT2D eigenvalue weighted by atomic mass is 16.3. The zero-order valence-electron chi connectivity index (χ0n) is 15.4. The molecule has 2 amide bonds. The van der Waals surface area contributed by atoms with Gasteiger partial charge in [0.05, 0.1) is 5.60 Å². The molecule has 1 saturated heterocycles. The molecule has 1 heterocycles. The Hall–Kier alpha value is -1.59. The first-order chi connectivity index (χ1) is 11.8. The molecule has 0 aromatic heterocycles. The van der Waals surface area contributed by atoms with Crippen LogP contribution in [-0.4, -0.2) is 64.8 Å². The zero-order valence-corrected chi connectivity index (χ0v) is 15.4. The Labute approximate surface area is 150 Å². The van der Waals surface area contributed by atoms with E-state index in [-0.39, 0.29) is 12.1 Å². The Kier molecular flexibility index (Phi) is 4.04. The summed E-state index contributed by atoms with van der Waals surface area (Å²) in [6, 6.07) is 9.18. The molecular formula is C20H29N3O2. The van der Waals surface area contributed by atoms with Gasteiger partial charge < -0.3 is 15.3 Å². The van der Waals surface area contributed by atoms with Crippen molar-refractivity contribution in [2.24, 2.45) is 5.92 Å². The highest BCUT2D eigenvalue weighted by Gasteiger charge is 2.56. The maximum Gasteiger partial charge on any atom is 0.317 e. The summed E-state index contributed by atoms with van der Waals surface area (Å²) in [5.41, 5.74) is 2.20. The summed E-state index contributed by atoms with van der Waals surface area (Å²) in [7, 11) is 0. The van der Waals surface area contributed by atoms with Crippen LogP contribution in [0, 0.1) is 5.92 Å². The third-order valence-electron chi connectivity index (χ3n) is 5.91. The van der Waals surface area contributed by atoms with E-state index in [2.05, 4.69) is 41.4 Å². The number of urea groups is 1. The third kappa shape index (κ3) is 3.27. The molecule has 0 unspecified atom stereocenters. The topological polar surface area (TPSA) is 55.8 Å². The van der Waals surface area contributed by atoms with E-state index in [1.807, 2.05) is 18.7 Å². The molecule has 2 fully saturated rings. The van der Waals surface area contributed by atoms with E-state index in [0.29, 0.717) is 24.4 Å². The molecule has 0 radical (unpaired) electrons. The molecule has 136 valence electrons. The van der Waals surface area contributed by atoms with Crippen molar-refractivity contribution < 1.29 is 9.90 Å². The van der Waals surface area contributed by atoms with E-state index in [0.717, 1.165) is 26.1 Å². The maximum atomic E-state index is 12.7. The Morgan fingerprint density at radius 2 is 2.08 bits per heavy atom. The summed E-state index contributed by atoms with van der Waals surface area (Å²) in [4.78, 5) is 16.9. The number of aliphatic hydroxyl groups is 1. The van der Waals surface area contributed by atoms with Crippen LogP contribution >= 0.6 is 0 Å². The molecule has 3 aliphatic rings. The van der Waals surface area contributed by atoms with Gasteiger partial charge in [0.15, 0.2) is 0 Å². The van der Waals surface area contributed by atoms with Crippen LogP contribution in [0.1, 0.15) is 37.8 Å². The molecule has 2 N–H and O–H groups in total. The monoisotopic (exact) mass is 343 g/mol. The van der Waals surface area contributed by atoms with Gasteiger partial charge >= 0.3 is 6.03 Å². The summed E-state index contributed by atoms with van der Waals surface area (Å²) in [6.07, 6.45) is 1.10. The van der Waals surface area contributed by atoms with Crippen molar-refractivity contribution in [2.75, 3.05) is 26.2 Å². The highest BCUT2D eigenvalue weighted by molar-refractivity contribution is 5.76. The molecule has 0 spiro atoms. The van der Waals surface area contributed by atoms with Crippen LogP contribution in [0.5, 0.6) is 0 Å². The average molecular weight is 343 g/mol. The second-order valence-corrected chi connectivity index (χ2v) is 8.66. The Morgan fingerprint density at radius 1 is 1.32 bits per heavy atom. The summed E-state index contributed by atoms with van der Waals surface area (Å²) >= 11 is 0. The molecule has 25 heavy (non-hydrogen) atoms. The fourth-order valence-electron chi connectivity index (χ4n) is 4.80. The smallest absolute Gasteiger partial charge is 0.317 e. The lowest BCUT2D eigenvalue weighted by Crippen LogP contribution is -2.58. The van der Waals surface area contributed by atoms with Crippen molar-refractivity contribution in [3.8, 4) is 0 Å². The second-order valence-electron chi connectivity index (χ2n) is 8.66. The molecule has 5 nitrogen and oxygen atoms in total. The van der Waals surface area contributed by atoms with Gasteiger partial charge in [0, 0.05) is 44.2 Å². The molecule has 4 atom stereocenters. The van der Waals surface area contributed by atoms with E-state index in [1.165, 1.54) is 11.1 Å². The number of rotatable bonds is 3. The van der Waals surface area contributed by atoms with Crippen LogP contribution in [0.3, 0.4) is 0 Å². The SMILES string of the molecule is C[C@@H]1CN(CC(C)(C)O)CCN1C(=O)N[C@@H]1[C@@H]2Cc3ccccc3[C@@H]21. The van der Waals surface area contributed by atoms with Crippen LogP contribution in [0.4, 0.5) is 4.79 Å². The van der Waals surface area contributed by atoms with Crippen molar-refractivity contribution in [1.82, 2.24) is 15.1 Å². The van der Waals surface area contributed by atoms with E-state index >= 15 is 0 Å². The van der Waals surface area contributed by atoms with E-state index < -0.39 is 5.60 Å². The minimum absolute atomic E-state index is 0.0762. The number of β-amino-alcohol motifs (C(OH)–C–C–N with tert-alkyl or cyclic N) is 1. The molecule has 5 heteroatoms. The molecule has 1 aromatic carbocycles. The van der Waals surface area contributed by atoms with E-state index in [1.54, 1.807) is 0 Å². The fraction of sp³-hybridized carbons (Fsp3) is 0.650. The lowest BCUT2D eigenvalue weighted by atomic mass is 10.1. The third-order valence-corrected chi connectivity index (χ3v) is 5.91. The van der Waals surface area contributed by atoms with Crippen LogP contribution in [0.25, 0.3) is 0 Å². The van der Waals surface area contributed by atoms with Gasteiger partial charge in [0.1, 0.15) is 0 Å². The number of benzene rings is 1. The summed E-state index contributed by atoms with van der Waals surface area (Å²) in [6.45, 7) is 8.78. The van der Waals surface area contributed by atoms with Gasteiger partial charge in [-0.15, -0.1) is 0 Å². The molecule has 2 aliphatic carbocycles. The van der Waals surface area contributed by atoms with Gasteiger partial charge in [-0.1, -0.05) is 24.3 Å². The number of fused-ring (bicyclic) bond motifs is 3. The van der Waals surface area contributed by atoms with Gasteiger partial charge in [0.25, 0.3) is 0 Å². The van der Waals surface area contributed by atoms with Crippen molar-refractivity contribution >= 4 is 6.03 Å². The molecule has 1 aromatic rings. The number of hydrogen-bond donors (Lipinski definition) is 2. The van der Waals surface area contributed by atoms with Crippen molar-refractivity contribution in [3.63, 3.8) is 0 Å². The minimum atomic E-state index is -0.691. The minimum Gasteiger partial charge on any atom is -0.389 e. The molecule has 1 aliphatic heterocycles. The van der Waals surface area contributed by atoms with Crippen LogP contribution in [0.2, 0.25) is 0 Å². The number of hydrogen-bond acceptors (Lipinski definition) is 3. The van der Waals surface area contributed by atoms with Gasteiger partial charge in [-0.2, -0.15) is 0 Å². The van der Waals surface area contributed by atoms with Crippen LogP contribution < -0.4 is 5.32 Å². The Morgan fingerprint density at radius 3 is 2.80 bits per heavy atom. The summed E-state index contributed by atoms with van der Waals surface area (Å²) in [5, 5.41) is 13.3. The molecular weight excluding hydrogens is 314 g/mol. The van der Waals surface area contributed by atoms with Gasteiger partial charge in [0.2, 0.25) is 0 Å². The Balaban J connectivity index is 1.32. The average Bonchev–Trinajstić information content (AvgIpc) is 3.02. The van der Waals surface area contributed by atoms with Gasteiger partial charge in [-0.25, -0.2) is 4.79 Å². The molecule has 1 saturated carbocycles. The summed E-state index contributed by atoms with van der Waals surface area (Å²) in [5.74, 6) is 1.11. The highest BCUT2D eigenvalue weighted by Crippen LogP contribution is 2.56. The number of piperazine rings is 1. The van der Waals surface area contributed by atoms with E-state index in [9.17, 15) is 9.90 Å². The number of nitrogens with zero attached hydrogens (tertiary/aromatic N) is 2. The predicted octanol–water partition coefficient (Wildman–Crippen LogP) is 1.81. The van der Waals surface area contributed by atoms with Gasteiger partial charge in [-0.05, 0) is 44.2 Å². The lowest BCUT2D eigenvalue weighted by Gasteiger charge is -2.41. The predicted molar refractivity (Wildman–Crippen MR) is 97.6 cm³/mol. The quantitative estimate of drug-likeness (QED) is 0.880. The standard InChI is InChI=1S/C20H29N3O2/c1-13-11-22(12-20(2,3)25)8-9-23(13)19(24)21-18-16-10-14-6-4-5-7-15(14)17(16)18/h4-7,13,16-18,25H,8-12H2,1-3H3,(H,21,24)/t13-,16-,17+,18-/m1/s1. The lowest BCUT2D eigenvalue weighted by molar-refractivity contribution is 0.0119. The van der Waals surface area contributed by atoms with E-state index in [4.69, 9.17) is 0 Å². The first-order valence-corrected chi connectivity index (χ1v) is 9.43. The molecule has 0 bridgehead atoms. The maximum absolute atomic E-state index is 12.7. The first kappa shape index (κ1) is 16.9. The number of carbonyl (C=O) groups excluding carboxylic acids is 1. The van der Waals surface area contributed by atoms with Crippen molar-refractivity contribution in [3.05, 3.63) is 35.4 Å². The fourth-order valence-corrected chi connectivity index (χ4v) is 4.80. The second kappa shape index (κ2) is 5.99. The first-order valence-electron chi connectivity index (χ1n) is 9.43. The van der Waals surface area contributed by atoms with Crippen molar-refractivity contribution in [2.45, 2.75) is 50.8 Å².